The van der Waals surface area contributed by atoms with Gasteiger partial charge < -0.3 is 9.73 Å². The van der Waals surface area contributed by atoms with E-state index in [-0.39, 0.29) is 23.2 Å². The van der Waals surface area contributed by atoms with Crippen LogP contribution in [0.1, 0.15) is 5.56 Å². The number of amides is 1. The van der Waals surface area contributed by atoms with Gasteiger partial charge in [-0.3, -0.25) is 4.79 Å². The molecule has 4 rings (SSSR count). The molecule has 0 aliphatic heterocycles. The number of nitrogens with zero attached hydrogens (tertiary/aromatic N) is 2. The van der Waals surface area contributed by atoms with Crippen LogP contribution in [0.15, 0.2) is 81.0 Å². The van der Waals surface area contributed by atoms with Crippen molar-refractivity contribution in [3.8, 4) is 0 Å². The quantitative estimate of drug-likeness (QED) is 0.426. The first kappa shape index (κ1) is 20.0. The lowest BCUT2D eigenvalue weighted by molar-refractivity contribution is -0.115. The number of fused-ring (bicyclic) bond motifs is 1. The summed E-state index contributed by atoms with van der Waals surface area (Å²) in [6.45, 7) is 0. The Hall–Kier alpha value is -3.24. The molecule has 0 bridgehead atoms. The standard InChI is InChI=1S/C20H15BrN4O4S/c21-14-2-7-18-17(11-14)13(12-29-18)10-19(26)24-15-3-5-16(6-4-15)30(27,28)25-20-22-8-1-9-23-20/h1-9,11-12H,10H2,(H,24,26)(H,22,23,25). The van der Waals surface area contributed by atoms with Crippen molar-refractivity contribution in [3.05, 3.63) is 77.2 Å². The lowest BCUT2D eigenvalue weighted by Gasteiger charge is -2.08. The summed E-state index contributed by atoms with van der Waals surface area (Å²) in [5, 5.41) is 3.61. The van der Waals surface area contributed by atoms with Crippen LogP contribution in [-0.4, -0.2) is 24.3 Å². The molecule has 2 aromatic heterocycles. The van der Waals surface area contributed by atoms with Crippen LogP contribution in [-0.2, 0) is 21.2 Å². The van der Waals surface area contributed by atoms with E-state index >= 15 is 0 Å². The summed E-state index contributed by atoms with van der Waals surface area (Å²) < 4.78 is 33.5. The lowest BCUT2D eigenvalue weighted by atomic mass is 10.1. The zero-order chi connectivity index (χ0) is 21.1. The van der Waals surface area contributed by atoms with Gasteiger partial charge in [0.2, 0.25) is 11.9 Å². The average molecular weight is 487 g/mol. The molecule has 0 unspecified atom stereocenters. The van der Waals surface area contributed by atoms with Gasteiger partial charge in [0.05, 0.1) is 17.6 Å². The predicted molar refractivity (Wildman–Crippen MR) is 116 cm³/mol. The highest BCUT2D eigenvalue weighted by atomic mass is 79.9. The highest BCUT2D eigenvalue weighted by molar-refractivity contribution is 9.10. The molecule has 0 radical (unpaired) electrons. The normalized spacial score (nSPS) is 11.4. The molecule has 152 valence electrons. The van der Waals surface area contributed by atoms with Gasteiger partial charge in [0.25, 0.3) is 10.0 Å². The van der Waals surface area contributed by atoms with E-state index in [1.807, 2.05) is 18.2 Å². The molecule has 0 spiro atoms. The Balaban J connectivity index is 1.44. The number of nitrogens with one attached hydrogen (secondary N) is 2. The Morgan fingerprint density at radius 2 is 1.80 bits per heavy atom. The predicted octanol–water partition coefficient (Wildman–Crippen LogP) is 3.97. The van der Waals surface area contributed by atoms with Gasteiger partial charge in [0.1, 0.15) is 5.58 Å². The number of carbonyl (C=O) groups excluding carboxylic acids is 1. The number of anilines is 2. The number of aromatic nitrogens is 2. The summed E-state index contributed by atoms with van der Waals surface area (Å²) in [7, 11) is -3.83. The summed E-state index contributed by atoms with van der Waals surface area (Å²) in [4.78, 5) is 20.1. The minimum Gasteiger partial charge on any atom is -0.464 e. The molecule has 1 amide bonds. The molecule has 0 aliphatic carbocycles. The van der Waals surface area contributed by atoms with E-state index in [1.165, 1.54) is 36.7 Å². The van der Waals surface area contributed by atoms with Gasteiger partial charge in [-0.2, -0.15) is 0 Å². The highest BCUT2D eigenvalue weighted by Gasteiger charge is 2.16. The highest BCUT2D eigenvalue weighted by Crippen LogP contribution is 2.25. The average Bonchev–Trinajstić information content (AvgIpc) is 3.10. The van der Waals surface area contributed by atoms with Gasteiger partial charge in [-0.25, -0.2) is 23.1 Å². The number of halogens is 1. The number of rotatable bonds is 6. The molecule has 10 heteroatoms. The third-order valence-electron chi connectivity index (χ3n) is 4.21. The van der Waals surface area contributed by atoms with Crippen molar-refractivity contribution < 1.29 is 17.6 Å². The van der Waals surface area contributed by atoms with E-state index in [9.17, 15) is 13.2 Å². The SMILES string of the molecule is O=C(Cc1coc2ccc(Br)cc12)Nc1ccc(S(=O)(=O)Nc2ncccn2)cc1. The number of carbonyl (C=O) groups is 1. The maximum atomic E-state index is 12.4. The number of hydrogen-bond acceptors (Lipinski definition) is 6. The minimum absolute atomic E-state index is 0.0196. The number of hydrogen-bond donors (Lipinski definition) is 2. The molecule has 8 nitrogen and oxygen atoms in total. The molecular formula is C20H15BrN4O4S. The van der Waals surface area contributed by atoms with E-state index in [0.717, 1.165) is 15.4 Å². The van der Waals surface area contributed by atoms with Crippen LogP contribution in [0, 0.1) is 0 Å². The molecule has 0 saturated heterocycles. The first-order valence-electron chi connectivity index (χ1n) is 8.76. The fourth-order valence-electron chi connectivity index (χ4n) is 2.82. The summed E-state index contributed by atoms with van der Waals surface area (Å²) in [6, 6.07) is 13.0. The van der Waals surface area contributed by atoms with E-state index in [1.54, 1.807) is 12.3 Å². The van der Waals surface area contributed by atoms with Crippen LogP contribution in [0.3, 0.4) is 0 Å². The Morgan fingerprint density at radius 3 is 2.53 bits per heavy atom. The van der Waals surface area contributed by atoms with Crippen molar-refractivity contribution in [2.75, 3.05) is 10.0 Å². The first-order chi connectivity index (χ1) is 14.4. The fraction of sp³-hybridized carbons (Fsp3) is 0.0500. The van der Waals surface area contributed by atoms with Crippen molar-refractivity contribution in [1.29, 1.82) is 0 Å². The number of furan rings is 1. The molecular weight excluding hydrogens is 472 g/mol. The van der Waals surface area contributed by atoms with E-state index in [4.69, 9.17) is 4.42 Å². The molecule has 0 atom stereocenters. The minimum atomic E-state index is -3.83. The molecule has 4 aromatic rings. The molecule has 2 heterocycles. The molecule has 0 fully saturated rings. The van der Waals surface area contributed by atoms with Crippen LogP contribution in [0.4, 0.5) is 11.6 Å². The smallest absolute Gasteiger partial charge is 0.264 e. The van der Waals surface area contributed by atoms with Crippen molar-refractivity contribution in [2.24, 2.45) is 0 Å². The largest absolute Gasteiger partial charge is 0.464 e. The van der Waals surface area contributed by atoms with Gasteiger partial charge >= 0.3 is 0 Å². The van der Waals surface area contributed by atoms with Crippen molar-refractivity contribution in [2.45, 2.75) is 11.3 Å². The molecule has 0 aliphatic rings. The maximum absolute atomic E-state index is 12.4. The summed E-state index contributed by atoms with van der Waals surface area (Å²) in [5.41, 5.74) is 1.93. The third-order valence-corrected chi connectivity index (χ3v) is 6.04. The van der Waals surface area contributed by atoms with Crippen LogP contribution < -0.4 is 10.0 Å². The van der Waals surface area contributed by atoms with Crippen LogP contribution in [0.2, 0.25) is 0 Å². The lowest BCUT2D eigenvalue weighted by Crippen LogP contribution is -2.16. The van der Waals surface area contributed by atoms with Crippen molar-refractivity contribution >= 4 is 54.5 Å². The topological polar surface area (TPSA) is 114 Å². The Bertz CT molecular complexity index is 1310. The molecule has 0 saturated carbocycles. The zero-order valence-electron chi connectivity index (χ0n) is 15.4. The monoisotopic (exact) mass is 486 g/mol. The molecule has 2 N–H and O–H groups in total. The van der Waals surface area contributed by atoms with Gasteiger partial charge in [-0.1, -0.05) is 15.9 Å². The van der Waals surface area contributed by atoms with Crippen LogP contribution in [0.5, 0.6) is 0 Å². The first-order valence-corrected chi connectivity index (χ1v) is 11.0. The fourth-order valence-corrected chi connectivity index (χ4v) is 4.14. The second-order valence-electron chi connectivity index (χ2n) is 6.33. The number of benzene rings is 2. The zero-order valence-corrected chi connectivity index (χ0v) is 17.8. The van der Waals surface area contributed by atoms with Crippen LogP contribution >= 0.6 is 15.9 Å². The Labute approximate surface area is 180 Å². The Morgan fingerprint density at radius 1 is 1.07 bits per heavy atom. The van der Waals surface area contributed by atoms with E-state index in [0.29, 0.717) is 11.3 Å². The van der Waals surface area contributed by atoms with Gasteiger partial charge in [0.15, 0.2) is 0 Å². The third kappa shape index (κ3) is 4.50. The van der Waals surface area contributed by atoms with Crippen molar-refractivity contribution in [1.82, 2.24) is 9.97 Å². The molecule has 30 heavy (non-hydrogen) atoms. The Kier molecular flexibility index (Phi) is 5.51. The van der Waals surface area contributed by atoms with Gasteiger partial charge in [0, 0.05) is 33.5 Å². The summed E-state index contributed by atoms with van der Waals surface area (Å²) >= 11 is 3.41. The summed E-state index contributed by atoms with van der Waals surface area (Å²) in [5.74, 6) is -0.266. The van der Waals surface area contributed by atoms with Crippen molar-refractivity contribution in [3.63, 3.8) is 0 Å². The maximum Gasteiger partial charge on any atom is 0.264 e. The van der Waals surface area contributed by atoms with E-state index < -0.39 is 10.0 Å². The van der Waals surface area contributed by atoms with Gasteiger partial charge in [-0.15, -0.1) is 0 Å². The molecule has 2 aromatic carbocycles. The second-order valence-corrected chi connectivity index (χ2v) is 8.93. The summed E-state index contributed by atoms with van der Waals surface area (Å²) in [6.07, 6.45) is 4.55. The number of sulfonamides is 1. The van der Waals surface area contributed by atoms with Gasteiger partial charge in [-0.05, 0) is 48.5 Å². The van der Waals surface area contributed by atoms with E-state index in [2.05, 4.69) is 35.9 Å². The van der Waals surface area contributed by atoms with Crippen LogP contribution in [0.25, 0.3) is 11.0 Å². The second kappa shape index (κ2) is 8.25.